The van der Waals surface area contributed by atoms with Gasteiger partial charge in [0.1, 0.15) is 10.7 Å². The Morgan fingerprint density at radius 1 is 1.30 bits per heavy atom. The van der Waals surface area contributed by atoms with Crippen molar-refractivity contribution in [2.24, 2.45) is 4.99 Å². The highest BCUT2D eigenvalue weighted by Crippen LogP contribution is 2.14. The van der Waals surface area contributed by atoms with E-state index in [1.165, 1.54) is 18.2 Å². The van der Waals surface area contributed by atoms with E-state index in [4.69, 9.17) is 4.74 Å². The van der Waals surface area contributed by atoms with Crippen molar-refractivity contribution in [3.63, 3.8) is 0 Å². The summed E-state index contributed by atoms with van der Waals surface area (Å²) in [6, 6.07) is 5.35. The number of hydrogen-bond donors (Lipinski definition) is 2. The summed E-state index contributed by atoms with van der Waals surface area (Å²) in [6.07, 6.45) is 0. The van der Waals surface area contributed by atoms with Crippen LogP contribution in [0.1, 0.15) is 13.8 Å². The number of ether oxygens (including phenoxy) is 1. The lowest BCUT2D eigenvalue weighted by Crippen LogP contribution is -2.46. The molecule has 2 N–H and O–H groups in total. The van der Waals surface area contributed by atoms with Crippen LogP contribution in [-0.4, -0.2) is 53.0 Å². The molecule has 1 rings (SSSR count). The van der Waals surface area contributed by atoms with Crippen molar-refractivity contribution in [2.45, 2.75) is 24.3 Å². The lowest BCUT2D eigenvalue weighted by Gasteiger charge is -2.24. The topological polar surface area (TPSA) is 79.8 Å². The van der Waals surface area contributed by atoms with E-state index in [1.54, 1.807) is 14.2 Å². The average molecular weight is 345 g/mol. The maximum Gasteiger partial charge on any atom is 0.191 e. The third-order valence-corrected chi connectivity index (χ3v) is 5.04. The number of halogens is 1. The van der Waals surface area contributed by atoms with Gasteiger partial charge in [-0.1, -0.05) is 12.1 Å². The largest absolute Gasteiger partial charge is 0.377 e. The van der Waals surface area contributed by atoms with Crippen LogP contribution in [0.3, 0.4) is 0 Å². The molecule has 0 fully saturated rings. The van der Waals surface area contributed by atoms with E-state index in [-0.39, 0.29) is 22.8 Å². The number of aliphatic imine (C=N–C) groups is 1. The van der Waals surface area contributed by atoms with Gasteiger partial charge in [0, 0.05) is 27.2 Å². The van der Waals surface area contributed by atoms with Gasteiger partial charge < -0.3 is 15.4 Å². The predicted molar refractivity (Wildman–Crippen MR) is 88.9 cm³/mol. The van der Waals surface area contributed by atoms with Crippen molar-refractivity contribution in [1.29, 1.82) is 0 Å². The van der Waals surface area contributed by atoms with Gasteiger partial charge in [-0.15, -0.1) is 0 Å². The zero-order valence-electron chi connectivity index (χ0n) is 13.9. The molecule has 0 aliphatic heterocycles. The summed E-state index contributed by atoms with van der Waals surface area (Å²) in [7, 11) is -0.494. The minimum absolute atomic E-state index is 0.115. The van der Waals surface area contributed by atoms with E-state index < -0.39 is 15.7 Å². The lowest BCUT2D eigenvalue weighted by molar-refractivity contribution is 0.0268. The van der Waals surface area contributed by atoms with E-state index in [1.807, 2.05) is 13.8 Å². The number of rotatable bonds is 7. The fraction of sp³-hybridized carbons (Fsp3) is 0.533. The summed E-state index contributed by atoms with van der Waals surface area (Å²) in [5.74, 6) is -0.516. The van der Waals surface area contributed by atoms with Crippen molar-refractivity contribution in [3.05, 3.63) is 30.1 Å². The van der Waals surface area contributed by atoms with Gasteiger partial charge in [-0.2, -0.15) is 0 Å². The third kappa shape index (κ3) is 6.15. The highest BCUT2D eigenvalue weighted by atomic mass is 32.2. The summed E-state index contributed by atoms with van der Waals surface area (Å²) < 4.78 is 43.1. The van der Waals surface area contributed by atoms with E-state index in [2.05, 4.69) is 15.6 Å². The first-order valence-electron chi connectivity index (χ1n) is 7.19. The summed E-state index contributed by atoms with van der Waals surface area (Å²) in [4.78, 5) is 3.72. The maximum atomic E-state index is 13.6. The van der Waals surface area contributed by atoms with Crippen molar-refractivity contribution in [3.8, 4) is 0 Å². The number of sulfone groups is 1. The monoisotopic (exact) mass is 345 g/mol. The third-order valence-electron chi connectivity index (χ3n) is 3.29. The van der Waals surface area contributed by atoms with Gasteiger partial charge in [-0.05, 0) is 26.0 Å². The fourth-order valence-corrected chi connectivity index (χ4v) is 2.94. The molecule has 0 spiro atoms. The van der Waals surface area contributed by atoms with Gasteiger partial charge in [0.15, 0.2) is 15.8 Å². The highest BCUT2D eigenvalue weighted by molar-refractivity contribution is 7.91. The minimum atomic E-state index is -3.69. The molecule has 0 aliphatic carbocycles. The Morgan fingerprint density at radius 3 is 2.52 bits per heavy atom. The molecule has 1 aromatic rings. The molecular weight excluding hydrogens is 321 g/mol. The number of nitrogens with one attached hydrogen (secondary N) is 2. The van der Waals surface area contributed by atoms with Gasteiger partial charge in [0.25, 0.3) is 0 Å². The number of hydrogen-bond acceptors (Lipinski definition) is 4. The Balaban J connectivity index is 2.56. The van der Waals surface area contributed by atoms with Crippen LogP contribution in [0.2, 0.25) is 0 Å². The average Bonchev–Trinajstić information content (AvgIpc) is 2.50. The summed E-state index contributed by atoms with van der Waals surface area (Å²) >= 11 is 0. The van der Waals surface area contributed by atoms with Crippen LogP contribution in [0.15, 0.2) is 34.2 Å². The number of methoxy groups -OCH3 is 1. The van der Waals surface area contributed by atoms with Crippen LogP contribution in [0.25, 0.3) is 0 Å². The number of guanidine groups is 1. The van der Waals surface area contributed by atoms with Crippen molar-refractivity contribution >= 4 is 15.8 Å². The number of nitrogens with zero attached hydrogens (tertiary/aromatic N) is 1. The van der Waals surface area contributed by atoms with E-state index in [0.29, 0.717) is 12.5 Å². The molecule has 1 aromatic carbocycles. The summed E-state index contributed by atoms with van der Waals surface area (Å²) in [5, 5.41) is 5.94. The second-order valence-electron chi connectivity index (χ2n) is 5.57. The Kier molecular flexibility index (Phi) is 6.96. The lowest BCUT2D eigenvalue weighted by atomic mass is 10.1. The SMILES string of the molecule is CN=C(NCCS(=O)(=O)c1ccccc1F)NCC(C)(C)OC. The van der Waals surface area contributed by atoms with Crippen molar-refractivity contribution in [2.75, 3.05) is 33.0 Å². The molecule has 0 saturated heterocycles. The van der Waals surface area contributed by atoms with Crippen LogP contribution in [0, 0.1) is 5.82 Å². The Bertz CT molecular complexity index is 645. The zero-order chi connectivity index (χ0) is 17.5. The standard InChI is InChI=1S/C15H24FN3O3S/c1-15(2,22-4)11-19-14(17-3)18-9-10-23(20,21)13-8-6-5-7-12(13)16/h5-8H,9-11H2,1-4H3,(H2,17,18,19). The quantitative estimate of drug-likeness (QED) is 0.573. The molecule has 8 heteroatoms. The van der Waals surface area contributed by atoms with Gasteiger partial charge in [0.2, 0.25) is 0 Å². The Morgan fingerprint density at radius 2 is 1.96 bits per heavy atom. The molecule has 0 heterocycles. The Hall–Kier alpha value is -1.67. The van der Waals surface area contributed by atoms with Gasteiger partial charge >= 0.3 is 0 Å². The molecule has 0 unspecified atom stereocenters. The highest BCUT2D eigenvalue weighted by Gasteiger charge is 2.19. The smallest absolute Gasteiger partial charge is 0.191 e. The van der Waals surface area contributed by atoms with Gasteiger partial charge in [-0.25, -0.2) is 12.8 Å². The summed E-state index contributed by atoms with van der Waals surface area (Å²) in [6.45, 7) is 4.44. The second kappa shape index (κ2) is 8.26. The van der Waals surface area contributed by atoms with Gasteiger partial charge in [0.05, 0.1) is 11.4 Å². The molecule has 130 valence electrons. The van der Waals surface area contributed by atoms with Crippen molar-refractivity contribution in [1.82, 2.24) is 10.6 Å². The molecule has 0 aromatic heterocycles. The Labute approximate surface area is 137 Å². The van der Waals surface area contributed by atoms with Crippen LogP contribution in [0.5, 0.6) is 0 Å². The zero-order valence-corrected chi connectivity index (χ0v) is 14.7. The summed E-state index contributed by atoms with van der Waals surface area (Å²) in [5.41, 5.74) is -0.378. The fourth-order valence-electron chi connectivity index (χ4n) is 1.70. The first-order valence-corrected chi connectivity index (χ1v) is 8.84. The molecule has 0 bridgehead atoms. The molecule has 0 aliphatic rings. The molecular formula is C15H24FN3O3S. The maximum absolute atomic E-state index is 13.6. The van der Waals surface area contributed by atoms with E-state index in [9.17, 15) is 12.8 Å². The second-order valence-corrected chi connectivity index (χ2v) is 7.64. The van der Waals surface area contributed by atoms with Crippen LogP contribution >= 0.6 is 0 Å². The van der Waals surface area contributed by atoms with Crippen LogP contribution in [-0.2, 0) is 14.6 Å². The molecule has 0 atom stereocenters. The number of benzene rings is 1. The predicted octanol–water partition coefficient (Wildman–Crippen LogP) is 1.19. The minimum Gasteiger partial charge on any atom is -0.377 e. The molecule has 0 amide bonds. The van der Waals surface area contributed by atoms with E-state index in [0.717, 1.165) is 6.07 Å². The van der Waals surface area contributed by atoms with Crippen molar-refractivity contribution < 1.29 is 17.5 Å². The van der Waals surface area contributed by atoms with Crippen LogP contribution in [0.4, 0.5) is 4.39 Å². The first kappa shape index (κ1) is 19.4. The normalized spacial score (nSPS) is 13.0. The van der Waals surface area contributed by atoms with Gasteiger partial charge in [-0.3, -0.25) is 4.99 Å². The van der Waals surface area contributed by atoms with Crippen LogP contribution < -0.4 is 10.6 Å². The molecule has 0 saturated carbocycles. The molecule has 0 radical (unpaired) electrons. The first-order chi connectivity index (χ1) is 10.7. The molecule has 23 heavy (non-hydrogen) atoms. The molecule has 6 nitrogen and oxygen atoms in total. The van der Waals surface area contributed by atoms with E-state index >= 15 is 0 Å².